The molecule has 0 saturated carbocycles. The summed E-state index contributed by atoms with van der Waals surface area (Å²) in [6, 6.07) is 14.3. The van der Waals surface area contributed by atoms with E-state index in [-0.39, 0.29) is 11.7 Å². The second-order valence-electron chi connectivity index (χ2n) is 7.18. The van der Waals surface area contributed by atoms with Crippen LogP contribution in [0, 0.1) is 5.82 Å². The third-order valence-electron chi connectivity index (χ3n) is 5.29. The van der Waals surface area contributed by atoms with Gasteiger partial charge >= 0.3 is 0 Å². The van der Waals surface area contributed by atoms with Crippen molar-refractivity contribution < 1.29 is 18.8 Å². The van der Waals surface area contributed by atoms with Crippen LogP contribution in [0.5, 0.6) is 5.75 Å². The normalized spacial score (nSPS) is 14.8. The lowest BCUT2D eigenvalue weighted by Crippen LogP contribution is -3.13. The molecule has 0 atom stereocenters. The maximum atomic E-state index is 13.6. The second-order valence-corrected chi connectivity index (χ2v) is 7.18. The number of quaternary nitrogens is 1. The SMILES string of the molecule is COc1ccc(F)cc1C[NH+]1CCN(C(=O)c2cnn(-c3ccccc3)c2)CC1. The van der Waals surface area contributed by atoms with Crippen molar-refractivity contribution in [1.29, 1.82) is 0 Å². The molecule has 2 heterocycles. The fourth-order valence-corrected chi connectivity index (χ4v) is 3.70. The minimum absolute atomic E-state index is 0.00503. The number of nitrogens with zero attached hydrogens (tertiary/aromatic N) is 3. The van der Waals surface area contributed by atoms with Crippen LogP contribution in [0.3, 0.4) is 0 Å². The van der Waals surface area contributed by atoms with Gasteiger partial charge in [-0.2, -0.15) is 5.10 Å². The van der Waals surface area contributed by atoms with Gasteiger partial charge in [0.05, 0.1) is 56.3 Å². The van der Waals surface area contributed by atoms with Crippen molar-refractivity contribution in [1.82, 2.24) is 14.7 Å². The lowest BCUT2D eigenvalue weighted by atomic mass is 10.1. The molecule has 1 fully saturated rings. The number of amides is 1. The number of carbonyl (C=O) groups excluding carboxylic acids is 1. The van der Waals surface area contributed by atoms with Gasteiger partial charge in [0.15, 0.2) is 0 Å². The Labute approximate surface area is 169 Å². The molecule has 7 heteroatoms. The van der Waals surface area contributed by atoms with Gasteiger partial charge in [-0.1, -0.05) is 18.2 Å². The number of hydrogen-bond donors (Lipinski definition) is 1. The maximum absolute atomic E-state index is 13.6. The topological polar surface area (TPSA) is 51.8 Å². The van der Waals surface area contributed by atoms with Crippen molar-refractivity contribution in [3.8, 4) is 11.4 Å². The van der Waals surface area contributed by atoms with E-state index in [1.165, 1.54) is 17.0 Å². The van der Waals surface area contributed by atoms with Crippen LogP contribution in [0.15, 0.2) is 60.9 Å². The molecule has 1 amide bonds. The van der Waals surface area contributed by atoms with Crippen molar-refractivity contribution in [2.75, 3.05) is 33.3 Å². The summed E-state index contributed by atoms with van der Waals surface area (Å²) in [5.41, 5.74) is 2.36. The third kappa shape index (κ3) is 4.30. The van der Waals surface area contributed by atoms with Crippen molar-refractivity contribution in [2.45, 2.75) is 6.54 Å². The number of nitrogens with one attached hydrogen (secondary N) is 1. The molecular weight excluding hydrogens is 371 g/mol. The number of halogens is 1. The fraction of sp³-hybridized carbons (Fsp3) is 0.273. The number of piperazine rings is 1. The molecule has 0 spiro atoms. The molecule has 6 nitrogen and oxygen atoms in total. The molecule has 0 bridgehead atoms. The molecule has 150 valence electrons. The Balaban J connectivity index is 1.37. The number of rotatable bonds is 5. The fourth-order valence-electron chi connectivity index (χ4n) is 3.70. The summed E-state index contributed by atoms with van der Waals surface area (Å²) in [5, 5.41) is 4.32. The third-order valence-corrected chi connectivity index (χ3v) is 5.29. The highest BCUT2D eigenvalue weighted by atomic mass is 19.1. The van der Waals surface area contributed by atoms with Gasteiger partial charge in [0.2, 0.25) is 0 Å². The van der Waals surface area contributed by atoms with E-state index in [0.29, 0.717) is 30.9 Å². The van der Waals surface area contributed by atoms with Crippen molar-refractivity contribution in [3.05, 3.63) is 77.9 Å². The first-order valence-corrected chi connectivity index (χ1v) is 9.69. The Morgan fingerprint density at radius 3 is 2.66 bits per heavy atom. The Morgan fingerprint density at radius 2 is 1.93 bits per heavy atom. The zero-order valence-electron chi connectivity index (χ0n) is 16.3. The van der Waals surface area contributed by atoms with Gasteiger partial charge in [0, 0.05) is 6.20 Å². The molecule has 1 aliphatic rings. The van der Waals surface area contributed by atoms with Gasteiger partial charge in [-0.25, -0.2) is 9.07 Å². The van der Waals surface area contributed by atoms with Crippen molar-refractivity contribution in [3.63, 3.8) is 0 Å². The van der Waals surface area contributed by atoms with Gasteiger partial charge in [-0.15, -0.1) is 0 Å². The molecule has 29 heavy (non-hydrogen) atoms. The molecule has 1 aromatic heterocycles. The molecule has 0 unspecified atom stereocenters. The Bertz CT molecular complexity index is 981. The Hall–Kier alpha value is -3.19. The molecular formula is C22H24FN4O2+. The van der Waals surface area contributed by atoms with Gasteiger partial charge in [-0.3, -0.25) is 4.79 Å². The number of ether oxygens (including phenoxy) is 1. The van der Waals surface area contributed by atoms with E-state index >= 15 is 0 Å². The van der Waals surface area contributed by atoms with Crippen LogP contribution in [0.2, 0.25) is 0 Å². The molecule has 2 aromatic carbocycles. The van der Waals surface area contributed by atoms with Gasteiger partial charge in [-0.05, 0) is 30.3 Å². The number of aromatic nitrogens is 2. The molecule has 1 N–H and O–H groups in total. The molecule has 4 rings (SSSR count). The van der Waals surface area contributed by atoms with Gasteiger partial charge in [0.1, 0.15) is 18.1 Å². The van der Waals surface area contributed by atoms with E-state index in [1.807, 2.05) is 35.2 Å². The molecule has 0 radical (unpaired) electrons. The Kier molecular flexibility index (Phi) is 5.57. The minimum atomic E-state index is -0.260. The summed E-state index contributed by atoms with van der Waals surface area (Å²) in [4.78, 5) is 16.0. The predicted molar refractivity (Wildman–Crippen MR) is 107 cm³/mol. The monoisotopic (exact) mass is 395 g/mol. The van der Waals surface area contributed by atoms with E-state index in [9.17, 15) is 9.18 Å². The van der Waals surface area contributed by atoms with Crippen LogP contribution in [0.25, 0.3) is 5.69 Å². The first-order chi connectivity index (χ1) is 14.1. The number of para-hydroxylation sites is 1. The summed E-state index contributed by atoms with van der Waals surface area (Å²) in [5.74, 6) is 0.435. The highest BCUT2D eigenvalue weighted by Gasteiger charge is 2.26. The summed E-state index contributed by atoms with van der Waals surface area (Å²) < 4.78 is 20.6. The number of benzene rings is 2. The number of hydrogen-bond acceptors (Lipinski definition) is 3. The summed E-state index contributed by atoms with van der Waals surface area (Å²) in [6.45, 7) is 3.59. The van der Waals surface area contributed by atoms with Crippen LogP contribution in [0.1, 0.15) is 15.9 Å². The maximum Gasteiger partial charge on any atom is 0.257 e. The first-order valence-electron chi connectivity index (χ1n) is 9.69. The summed E-state index contributed by atoms with van der Waals surface area (Å²) >= 11 is 0. The van der Waals surface area contributed by atoms with E-state index in [4.69, 9.17) is 4.74 Å². The summed E-state index contributed by atoms with van der Waals surface area (Å²) in [6.07, 6.45) is 3.39. The van der Waals surface area contributed by atoms with Crippen LogP contribution < -0.4 is 9.64 Å². The van der Waals surface area contributed by atoms with Gasteiger partial charge < -0.3 is 14.5 Å². The predicted octanol–water partition coefficient (Wildman–Crippen LogP) is 1.56. The summed E-state index contributed by atoms with van der Waals surface area (Å²) in [7, 11) is 1.60. The van der Waals surface area contributed by atoms with Crippen LogP contribution in [0.4, 0.5) is 4.39 Å². The largest absolute Gasteiger partial charge is 0.496 e. The van der Waals surface area contributed by atoms with Crippen molar-refractivity contribution >= 4 is 5.91 Å². The van der Waals surface area contributed by atoms with E-state index in [1.54, 1.807) is 30.3 Å². The average molecular weight is 395 g/mol. The zero-order valence-corrected chi connectivity index (χ0v) is 16.3. The van der Waals surface area contributed by atoms with Crippen LogP contribution in [-0.4, -0.2) is 53.9 Å². The zero-order chi connectivity index (χ0) is 20.2. The second kappa shape index (κ2) is 8.45. The first kappa shape index (κ1) is 19.1. The van der Waals surface area contributed by atoms with Crippen LogP contribution in [-0.2, 0) is 6.54 Å². The molecule has 0 aliphatic carbocycles. The van der Waals surface area contributed by atoms with Crippen LogP contribution >= 0.6 is 0 Å². The quantitative estimate of drug-likeness (QED) is 0.714. The molecule has 3 aromatic rings. The highest BCUT2D eigenvalue weighted by molar-refractivity contribution is 5.93. The van der Waals surface area contributed by atoms with E-state index in [0.717, 1.165) is 24.3 Å². The Morgan fingerprint density at radius 1 is 1.17 bits per heavy atom. The van der Waals surface area contributed by atoms with Gasteiger partial charge in [0.25, 0.3) is 5.91 Å². The highest BCUT2D eigenvalue weighted by Crippen LogP contribution is 2.18. The lowest BCUT2D eigenvalue weighted by Gasteiger charge is -2.32. The lowest BCUT2D eigenvalue weighted by molar-refractivity contribution is -0.917. The molecule has 1 aliphatic heterocycles. The smallest absolute Gasteiger partial charge is 0.257 e. The average Bonchev–Trinajstić information content (AvgIpc) is 3.25. The standard InChI is InChI=1S/C22H23FN4O2/c1-29-21-8-7-19(23)13-17(21)15-25-9-11-26(12-10-25)22(28)18-14-24-27(16-18)20-5-3-2-4-6-20/h2-8,13-14,16H,9-12,15H2,1H3/p+1. The number of methoxy groups -OCH3 is 1. The van der Waals surface area contributed by atoms with E-state index in [2.05, 4.69) is 5.10 Å². The van der Waals surface area contributed by atoms with E-state index < -0.39 is 0 Å². The van der Waals surface area contributed by atoms with Crippen molar-refractivity contribution in [2.24, 2.45) is 0 Å². The molecule has 1 saturated heterocycles. The minimum Gasteiger partial charge on any atom is -0.496 e. The number of carbonyl (C=O) groups is 1.